The van der Waals surface area contributed by atoms with Gasteiger partial charge in [-0.3, -0.25) is 4.79 Å². The fourth-order valence-corrected chi connectivity index (χ4v) is 3.23. The van der Waals surface area contributed by atoms with Gasteiger partial charge in [0.15, 0.2) is 5.16 Å². The zero-order valence-electron chi connectivity index (χ0n) is 11.0. The Morgan fingerprint density at radius 3 is 3.00 bits per heavy atom. The van der Waals surface area contributed by atoms with Crippen molar-refractivity contribution >= 4 is 40.5 Å². The highest BCUT2D eigenvalue weighted by Crippen LogP contribution is 2.24. The molecule has 1 heterocycles. The van der Waals surface area contributed by atoms with E-state index in [-0.39, 0.29) is 5.75 Å². The predicted octanol–water partition coefficient (Wildman–Crippen LogP) is 3.13. The van der Waals surface area contributed by atoms with E-state index in [0.29, 0.717) is 0 Å². The van der Waals surface area contributed by atoms with Crippen molar-refractivity contribution in [2.24, 2.45) is 0 Å². The maximum atomic E-state index is 10.7. The minimum atomic E-state index is -0.824. The highest BCUT2D eigenvalue weighted by Gasteiger charge is 2.12. The lowest BCUT2D eigenvalue weighted by molar-refractivity contribution is -0.133. The molecule has 0 bridgehead atoms. The molecule has 0 spiro atoms. The average molecular weight is 308 g/mol. The third kappa shape index (κ3) is 3.80. The van der Waals surface area contributed by atoms with Crippen LogP contribution in [0.5, 0.6) is 0 Å². The number of hydrogen-bond acceptors (Lipinski definition) is 4. The van der Waals surface area contributed by atoms with Gasteiger partial charge in [-0.25, -0.2) is 4.98 Å². The minimum Gasteiger partial charge on any atom is -0.481 e. The molecule has 2 aromatic rings. The fraction of sp³-hybridized carbons (Fsp3) is 0.286. The molecular weight excluding hydrogens is 292 g/mol. The molecule has 1 aromatic heterocycles. The molecule has 6 heteroatoms. The molecule has 0 saturated heterocycles. The number of aryl methyl sites for hydroxylation is 1. The molecule has 2 rings (SSSR count). The van der Waals surface area contributed by atoms with Crippen LogP contribution >= 0.6 is 23.5 Å². The Morgan fingerprint density at radius 1 is 1.45 bits per heavy atom. The van der Waals surface area contributed by atoms with Crippen LogP contribution in [0, 0.1) is 0 Å². The Hall–Kier alpha value is -1.40. The van der Waals surface area contributed by atoms with Crippen LogP contribution in [0.2, 0.25) is 0 Å². The third-order valence-corrected chi connectivity index (χ3v) is 4.54. The first-order chi connectivity index (χ1) is 9.72. The summed E-state index contributed by atoms with van der Waals surface area (Å²) in [6.07, 6.45) is 1.89. The van der Waals surface area contributed by atoms with E-state index in [9.17, 15) is 4.79 Å². The number of benzene rings is 1. The Morgan fingerprint density at radius 2 is 2.25 bits per heavy atom. The molecule has 0 aliphatic rings. The van der Waals surface area contributed by atoms with Gasteiger partial charge in [0.1, 0.15) is 0 Å². The van der Waals surface area contributed by atoms with Gasteiger partial charge < -0.3 is 9.67 Å². The molecule has 4 nitrogen and oxygen atoms in total. The summed E-state index contributed by atoms with van der Waals surface area (Å²) in [5, 5.41) is 9.58. The molecule has 20 heavy (non-hydrogen) atoms. The second kappa shape index (κ2) is 7.40. The molecular formula is C14H16N2O2S2. The molecule has 0 fully saturated rings. The maximum absolute atomic E-state index is 10.7. The number of fused-ring (bicyclic) bond motifs is 1. The summed E-state index contributed by atoms with van der Waals surface area (Å²) in [6, 6.07) is 7.89. The zero-order chi connectivity index (χ0) is 14.4. The first kappa shape index (κ1) is 15.0. The second-order valence-electron chi connectivity index (χ2n) is 4.08. The van der Waals surface area contributed by atoms with Crippen LogP contribution in [0.15, 0.2) is 42.1 Å². The van der Waals surface area contributed by atoms with Crippen LogP contribution < -0.4 is 0 Å². The number of hydrogen-bond donors (Lipinski definition) is 1. The molecule has 1 N–H and O–H groups in total. The summed E-state index contributed by atoms with van der Waals surface area (Å²) in [5.41, 5.74) is 1.97. The molecule has 0 saturated carbocycles. The van der Waals surface area contributed by atoms with Crippen LogP contribution in [-0.2, 0) is 11.3 Å². The molecule has 0 radical (unpaired) electrons. The molecule has 106 valence electrons. The number of nitrogens with zero attached hydrogens (tertiary/aromatic N) is 2. The smallest absolute Gasteiger partial charge is 0.313 e. The van der Waals surface area contributed by atoms with Crippen molar-refractivity contribution in [3.8, 4) is 0 Å². The first-order valence-corrected chi connectivity index (χ1v) is 8.35. The van der Waals surface area contributed by atoms with Gasteiger partial charge in [0, 0.05) is 18.1 Å². The molecule has 0 atom stereocenters. The summed E-state index contributed by atoms with van der Waals surface area (Å²) in [4.78, 5) is 15.2. The minimum absolute atomic E-state index is 0.0309. The van der Waals surface area contributed by atoms with E-state index in [1.165, 1.54) is 11.8 Å². The SMILES string of the molecule is C=CCSCCn1c(SCC(=O)O)nc2ccccc21. The Bertz CT molecular complexity index is 610. The molecule has 0 aliphatic heterocycles. The fourth-order valence-electron chi connectivity index (χ4n) is 1.83. The highest BCUT2D eigenvalue weighted by atomic mass is 32.2. The molecule has 0 amide bonds. The predicted molar refractivity (Wildman–Crippen MR) is 85.6 cm³/mol. The van der Waals surface area contributed by atoms with Crippen LogP contribution in [0.1, 0.15) is 0 Å². The van der Waals surface area contributed by atoms with Gasteiger partial charge in [-0.1, -0.05) is 30.0 Å². The van der Waals surface area contributed by atoms with E-state index in [2.05, 4.69) is 16.1 Å². The van der Waals surface area contributed by atoms with Crippen LogP contribution in [-0.4, -0.2) is 37.9 Å². The Labute approximate surface area is 126 Å². The Kier molecular flexibility index (Phi) is 5.55. The van der Waals surface area contributed by atoms with Gasteiger partial charge >= 0.3 is 5.97 Å². The van der Waals surface area contributed by atoms with Gasteiger partial charge in [0.25, 0.3) is 0 Å². The van der Waals surface area contributed by atoms with Gasteiger partial charge in [0.2, 0.25) is 0 Å². The monoisotopic (exact) mass is 308 g/mol. The number of rotatable bonds is 8. The van der Waals surface area contributed by atoms with Crippen LogP contribution in [0.4, 0.5) is 0 Å². The number of carboxylic acid groups (broad SMARTS) is 1. The largest absolute Gasteiger partial charge is 0.481 e. The van der Waals surface area contributed by atoms with Crippen LogP contribution in [0.25, 0.3) is 11.0 Å². The van der Waals surface area contributed by atoms with Crippen molar-refractivity contribution in [1.29, 1.82) is 0 Å². The summed E-state index contributed by atoms with van der Waals surface area (Å²) < 4.78 is 2.10. The van der Waals surface area contributed by atoms with E-state index >= 15 is 0 Å². The lowest BCUT2D eigenvalue weighted by Gasteiger charge is -2.07. The van der Waals surface area contributed by atoms with Crippen molar-refractivity contribution in [3.63, 3.8) is 0 Å². The van der Waals surface area contributed by atoms with Gasteiger partial charge in [0.05, 0.1) is 16.8 Å². The van der Waals surface area contributed by atoms with E-state index in [0.717, 1.165) is 34.2 Å². The van der Waals surface area contributed by atoms with Crippen molar-refractivity contribution < 1.29 is 9.90 Å². The van der Waals surface area contributed by atoms with Gasteiger partial charge in [-0.2, -0.15) is 11.8 Å². The summed E-state index contributed by atoms with van der Waals surface area (Å²) in [5.74, 6) is 1.08. The number of aliphatic carboxylic acids is 1. The second-order valence-corrected chi connectivity index (χ2v) is 6.17. The molecule has 1 aromatic carbocycles. The quantitative estimate of drug-likeness (QED) is 0.461. The first-order valence-electron chi connectivity index (χ1n) is 6.21. The third-order valence-electron chi connectivity index (χ3n) is 2.64. The van der Waals surface area contributed by atoms with Crippen molar-refractivity contribution in [3.05, 3.63) is 36.9 Å². The zero-order valence-corrected chi connectivity index (χ0v) is 12.6. The van der Waals surface area contributed by atoms with E-state index in [4.69, 9.17) is 5.11 Å². The summed E-state index contributed by atoms with van der Waals surface area (Å²) in [6.45, 7) is 4.52. The summed E-state index contributed by atoms with van der Waals surface area (Å²) in [7, 11) is 0. The lowest BCUT2D eigenvalue weighted by atomic mass is 10.3. The standard InChI is InChI=1S/C14H16N2O2S2/c1-2-8-19-9-7-16-12-6-4-3-5-11(12)15-14(16)20-10-13(17)18/h2-6H,1,7-10H2,(H,17,18). The maximum Gasteiger partial charge on any atom is 0.313 e. The number of para-hydroxylation sites is 2. The highest BCUT2D eigenvalue weighted by molar-refractivity contribution is 8.00. The number of aromatic nitrogens is 2. The number of thioether (sulfide) groups is 2. The van der Waals surface area contributed by atoms with Crippen LogP contribution in [0.3, 0.4) is 0 Å². The van der Waals surface area contributed by atoms with E-state index in [1.54, 1.807) is 11.8 Å². The van der Waals surface area contributed by atoms with Crippen molar-refractivity contribution in [1.82, 2.24) is 9.55 Å². The number of carbonyl (C=O) groups is 1. The lowest BCUT2D eigenvalue weighted by Crippen LogP contribution is -2.05. The topological polar surface area (TPSA) is 55.1 Å². The van der Waals surface area contributed by atoms with E-state index in [1.807, 2.05) is 30.3 Å². The Balaban J connectivity index is 2.19. The normalized spacial score (nSPS) is 10.8. The van der Waals surface area contributed by atoms with E-state index < -0.39 is 5.97 Å². The average Bonchev–Trinajstić information content (AvgIpc) is 2.79. The molecule has 0 aliphatic carbocycles. The number of imidazole rings is 1. The van der Waals surface area contributed by atoms with Gasteiger partial charge in [-0.05, 0) is 12.1 Å². The number of carboxylic acids is 1. The summed E-state index contributed by atoms with van der Waals surface area (Å²) >= 11 is 3.07. The van der Waals surface area contributed by atoms with Crippen molar-refractivity contribution in [2.45, 2.75) is 11.7 Å². The molecule has 0 unspecified atom stereocenters. The van der Waals surface area contributed by atoms with Gasteiger partial charge in [-0.15, -0.1) is 6.58 Å². The van der Waals surface area contributed by atoms with Crippen molar-refractivity contribution in [2.75, 3.05) is 17.3 Å².